The molecule has 1 aromatic rings. The number of nitrogens with zero attached hydrogens (tertiary/aromatic N) is 4. The Morgan fingerprint density at radius 3 is 2.81 bits per heavy atom. The van der Waals surface area contributed by atoms with Crippen LogP contribution in [-0.4, -0.2) is 59.9 Å². The predicted molar refractivity (Wildman–Crippen MR) is 115 cm³/mol. The number of ether oxygens (including phenoxy) is 1. The van der Waals surface area contributed by atoms with Crippen LogP contribution in [0.1, 0.15) is 38.8 Å². The number of carbonyl (C=O) groups is 1. The monoisotopic (exact) mass is 493 g/mol. The first-order valence-corrected chi connectivity index (χ1v) is 9.08. The number of hydrogen-bond acceptors (Lipinski definition) is 5. The van der Waals surface area contributed by atoms with Crippen molar-refractivity contribution in [2.45, 2.75) is 52.8 Å². The van der Waals surface area contributed by atoms with Gasteiger partial charge in [0.2, 0.25) is 5.91 Å². The number of aromatic nitrogens is 3. The zero-order chi connectivity index (χ0) is 19.2. The number of amides is 1. The third-order valence-electron chi connectivity index (χ3n) is 4.33. The third kappa shape index (κ3) is 6.59. The number of nitrogens with one attached hydrogen (secondary N) is 3. The number of aliphatic imine (C=N–C) groups is 1. The molecular formula is C17H32IN7O2. The Bertz CT molecular complexity index is 645. The summed E-state index contributed by atoms with van der Waals surface area (Å²) in [5.74, 6) is 2.41. The summed E-state index contributed by atoms with van der Waals surface area (Å²) in [5.41, 5.74) is -0.558. The SMILES string of the molecule is CCNC(=NCC(C)(C)C(=O)NC)NC1CCc2nc(COC)nn2C1.I. The number of aryl methyl sites for hydroxylation is 1. The smallest absolute Gasteiger partial charge is 0.227 e. The summed E-state index contributed by atoms with van der Waals surface area (Å²) in [7, 11) is 3.29. The summed E-state index contributed by atoms with van der Waals surface area (Å²) in [6.07, 6.45) is 1.81. The van der Waals surface area contributed by atoms with E-state index in [1.165, 1.54) is 0 Å². The van der Waals surface area contributed by atoms with E-state index in [1.807, 2.05) is 25.5 Å². The second kappa shape index (κ2) is 10.8. The molecule has 1 aliphatic rings. The molecule has 1 unspecified atom stereocenters. The summed E-state index contributed by atoms with van der Waals surface area (Å²) in [6.45, 7) is 8.12. The highest BCUT2D eigenvalue weighted by Crippen LogP contribution is 2.16. The molecule has 1 aliphatic heterocycles. The van der Waals surface area contributed by atoms with Crippen LogP contribution in [0.15, 0.2) is 4.99 Å². The van der Waals surface area contributed by atoms with Gasteiger partial charge in [-0.2, -0.15) is 5.10 Å². The molecule has 1 atom stereocenters. The van der Waals surface area contributed by atoms with Gasteiger partial charge < -0.3 is 20.7 Å². The lowest BCUT2D eigenvalue weighted by Gasteiger charge is -2.26. The van der Waals surface area contributed by atoms with Crippen LogP contribution >= 0.6 is 24.0 Å². The van der Waals surface area contributed by atoms with Crippen molar-refractivity contribution in [1.82, 2.24) is 30.7 Å². The van der Waals surface area contributed by atoms with Crippen LogP contribution < -0.4 is 16.0 Å². The largest absolute Gasteiger partial charge is 0.377 e. The molecule has 27 heavy (non-hydrogen) atoms. The lowest BCUT2D eigenvalue weighted by atomic mass is 9.93. The maximum absolute atomic E-state index is 11.9. The molecule has 1 aromatic heterocycles. The second-order valence-corrected chi connectivity index (χ2v) is 7.10. The Kier molecular flexibility index (Phi) is 9.43. The molecule has 0 radical (unpaired) electrons. The molecule has 0 fully saturated rings. The van der Waals surface area contributed by atoms with Crippen LogP contribution in [0, 0.1) is 5.41 Å². The number of halogens is 1. The summed E-state index contributed by atoms with van der Waals surface area (Å²) in [5, 5.41) is 13.9. The molecule has 9 nitrogen and oxygen atoms in total. The van der Waals surface area contributed by atoms with E-state index in [2.05, 4.69) is 31.0 Å². The number of carbonyl (C=O) groups excluding carboxylic acids is 1. The number of methoxy groups -OCH3 is 1. The fourth-order valence-corrected chi connectivity index (χ4v) is 2.87. The molecule has 0 bridgehead atoms. The van der Waals surface area contributed by atoms with Gasteiger partial charge in [0.05, 0.1) is 18.5 Å². The standard InChI is InChI=1S/C17H31N7O2.HI/c1-6-19-16(20-11-17(2,3)15(25)18-4)21-12-7-8-14-22-13(10-26-5)23-24(14)9-12;/h12H,6-11H2,1-5H3,(H,18,25)(H2,19,20,21);1H. The first kappa shape index (κ1) is 23.6. The summed E-state index contributed by atoms with van der Waals surface area (Å²) in [4.78, 5) is 21.0. The van der Waals surface area contributed by atoms with E-state index in [0.29, 0.717) is 13.2 Å². The molecule has 10 heteroatoms. The van der Waals surface area contributed by atoms with Crippen molar-refractivity contribution in [3.05, 3.63) is 11.6 Å². The molecule has 0 saturated heterocycles. The molecule has 0 aliphatic carbocycles. The molecule has 0 saturated carbocycles. The minimum Gasteiger partial charge on any atom is -0.377 e. The van der Waals surface area contributed by atoms with Crippen LogP contribution in [0.4, 0.5) is 0 Å². The highest BCUT2D eigenvalue weighted by molar-refractivity contribution is 14.0. The summed E-state index contributed by atoms with van der Waals surface area (Å²) >= 11 is 0. The molecule has 1 amide bonds. The second-order valence-electron chi connectivity index (χ2n) is 7.10. The Hall–Kier alpha value is -1.43. The van der Waals surface area contributed by atoms with Crippen molar-refractivity contribution in [3.63, 3.8) is 0 Å². The first-order valence-electron chi connectivity index (χ1n) is 9.08. The molecule has 0 spiro atoms. The van der Waals surface area contributed by atoms with E-state index in [-0.39, 0.29) is 35.9 Å². The van der Waals surface area contributed by atoms with E-state index in [0.717, 1.165) is 43.5 Å². The molecule has 0 aromatic carbocycles. The van der Waals surface area contributed by atoms with Gasteiger partial charge in [0.1, 0.15) is 12.4 Å². The minimum atomic E-state index is -0.558. The van der Waals surface area contributed by atoms with Crippen molar-refractivity contribution >= 4 is 35.8 Å². The van der Waals surface area contributed by atoms with Crippen LogP contribution in [0.25, 0.3) is 0 Å². The van der Waals surface area contributed by atoms with Crippen molar-refractivity contribution in [2.24, 2.45) is 10.4 Å². The van der Waals surface area contributed by atoms with Gasteiger partial charge in [0.15, 0.2) is 11.8 Å². The van der Waals surface area contributed by atoms with Crippen molar-refractivity contribution < 1.29 is 9.53 Å². The molecule has 154 valence electrons. The molecular weight excluding hydrogens is 461 g/mol. The average Bonchev–Trinajstić information content (AvgIpc) is 3.01. The first-order chi connectivity index (χ1) is 12.4. The van der Waals surface area contributed by atoms with Crippen LogP contribution in [0.5, 0.6) is 0 Å². The summed E-state index contributed by atoms with van der Waals surface area (Å²) < 4.78 is 7.04. The average molecular weight is 493 g/mol. The van der Waals surface area contributed by atoms with E-state index in [1.54, 1.807) is 14.2 Å². The predicted octanol–water partition coefficient (Wildman–Crippen LogP) is 0.685. The van der Waals surface area contributed by atoms with Gasteiger partial charge >= 0.3 is 0 Å². The van der Waals surface area contributed by atoms with Gasteiger partial charge in [-0.25, -0.2) is 9.67 Å². The number of rotatable bonds is 7. The van der Waals surface area contributed by atoms with E-state index < -0.39 is 5.41 Å². The van der Waals surface area contributed by atoms with Crippen molar-refractivity contribution in [1.29, 1.82) is 0 Å². The van der Waals surface area contributed by atoms with Crippen molar-refractivity contribution in [2.75, 3.05) is 27.2 Å². The number of hydrogen-bond donors (Lipinski definition) is 3. The highest BCUT2D eigenvalue weighted by atomic mass is 127. The van der Waals surface area contributed by atoms with Gasteiger partial charge in [0, 0.05) is 33.2 Å². The van der Waals surface area contributed by atoms with E-state index >= 15 is 0 Å². The Balaban J connectivity index is 0.00000364. The number of fused-ring (bicyclic) bond motifs is 1. The fraction of sp³-hybridized carbons (Fsp3) is 0.765. The number of guanidine groups is 1. The van der Waals surface area contributed by atoms with Gasteiger partial charge in [-0.3, -0.25) is 9.79 Å². The summed E-state index contributed by atoms with van der Waals surface area (Å²) in [6, 6.07) is 0.209. The quantitative estimate of drug-likeness (QED) is 0.293. The van der Waals surface area contributed by atoms with E-state index in [4.69, 9.17) is 4.74 Å². The lowest BCUT2D eigenvalue weighted by Crippen LogP contribution is -2.48. The van der Waals surface area contributed by atoms with Crippen LogP contribution in [0.2, 0.25) is 0 Å². The zero-order valence-corrected chi connectivity index (χ0v) is 19.2. The lowest BCUT2D eigenvalue weighted by molar-refractivity contribution is -0.128. The Morgan fingerprint density at radius 1 is 1.44 bits per heavy atom. The van der Waals surface area contributed by atoms with Gasteiger partial charge in [-0.05, 0) is 27.2 Å². The Morgan fingerprint density at radius 2 is 2.19 bits per heavy atom. The van der Waals surface area contributed by atoms with Crippen LogP contribution in [-0.2, 0) is 29.1 Å². The topological polar surface area (TPSA) is 105 Å². The zero-order valence-electron chi connectivity index (χ0n) is 16.8. The van der Waals surface area contributed by atoms with Crippen LogP contribution in [0.3, 0.4) is 0 Å². The van der Waals surface area contributed by atoms with Gasteiger partial charge in [0.25, 0.3) is 0 Å². The van der Waals surface area contributed by atoms with Crippen molar-refractivity contribution in [3.8, 4) is 0 Å². The molecule has 3 N–H and O–H groups in total. The van der Waals surface area contributed by atoms with Gasteiger partial charge in [-0.1, -0.05) is 0 Å². The fourth-order valence-electron chi connectivity index (χ4n) is 2.87. The molecule has 2 rings (SSSR count). The highest BCUT2D eigenvalue weighted by Gasteiger charge is 2.27. The maximum atomic E-state index is 11.9. The van der Waals surface area contributed by atoms with E-state index in [9.17, 15) is 4.79 Å². The minimum absolute atomic E-state index is 0. The molecule has 2 heterocycles. The third-order valence-corrected chi connectivity index (χ3v) is 4.33. The Labute approximate surface area is 178 Å². The normalized spacial score (nSPS) is 16.9. The van der Waals surface area contributed by atoms with Gasteiger partial charge in [-0.15, -0.1) is 24.0 Å². The maximum Gasteiger partial charge on any atom is 0.227 e.